The number of nitrogens with one attached hydrogen (secondary N) is 1. The number of aryl methyl sites for hydroxylation is 3. The maximum Gasteiger partial charge on any atom is 0.261 e. The third kappa shape index (κ3) is 6.83. The molecule has 0 saturated heterocycles. The van der Waals surface area contributed by atoms with Gasteiger partial charge in [-0.15, -0.1) is 0 Å². The van der Waals surface area contributed by atoms with Crippen molar-refractivity contribution in [3.05, 3.63) is 63.1 Å². The first-order chi connectivity index (χ1) is 15.2. The zero-order chi connectivity index (χ0) is 23.8. The first-order valence-corrected chi connectivity index (χ1v) is 12.0. The Balaban J connectivity index is 2.26. The molecule has 0 radical (unpaired) electrons. The van der Waals surface area contributed by atoms with Crippen molar-refractivity contribution in [2.24, 2.45) is 0 Å². The molecule has 2 amide bonds. The van der Waals surface area contributed by atoms with Crippen molar-refractivity contribution in [2.45, 2.75) is 73.0 Å². The molecule has 2 aromatic carbocycles. The van der Waals surface area contributed by atoms with E-state index in [1.54, 1.807) is 4.90 Å². The summed E-state index contributed by atoms with van der Waals surface area (Å²) in [7, 11) is 0. The maximum atomic E-state index is 13.3. The van der Waals surface area contributed by atoms with Crippen molar-refractivity contribution in [1.82, 2.24) is 10.2 Å². The number of halogens is 1. The van der Waals surface area contributed by atoms with Crippen molar-refractivity contribution >= 4 is 27.7 Å². The van der Waals surface area contributed by atoms with Crippen LogP contribution in [0.1, 0.15) is 55.9 Å². The van der Waals surface area contributed by atoms with E-state index in [4.69, 9.17) is 4.74 Å². The standard InChI is InChI=1S/C26H35BrN2O3/c1-7-20(6)28-26(31)23(8-2)29(15-21-12-10-9-11-17(21)3)24(30)16-32-22-13-18(4)25(27)19(5)14-22/h9-14,20,23H,7-8,15-16H2,1-6H3,(H,28,31)/t20-,23+/m1/s1. The molecular weight excluding hydrogens is 468 g/mol. The van der Waals surface area contributed by atoms with Gasteiger partial charge < -0.3 is 15.0 Å². The van der Waals surface area contributed by atoms with Gasteiger partial charge in [0.25, 0.3) is 5.91 Å². The molecule has 5 nitrogen and oxygen atoms in total. The van der Waals surface area contributed by atoms with E-state index in [0.29, 0.717) is 18.7 Å². The van der Waals surface area contributed by atoms with Crippen molar-refractivity contribution in [3.8, 4) is 5.75 Å². The summed E-state index contributed by atoms with van der Waals surface area (Å²) in [4.78, 5) is 28.0. The summed E-state index contributed by atoms with van der Waals surface area (Å²) < 4.78 is 6.90. The van der Waals surface area contributed by atoms with Gasteiger partial charge in [0.2, 0.25) is 5.91 Å². The minimum Gasteiger partial charge on any atom is -0.484 e. The molecule has 0 saturated carbocycles. The van der Waals surface area contributed by atoms with E-state index in [1.165, 1.54) is 0 Å². The fourth-order valence-corrected chi connectivity index (χ4v) is 3.78. The van der Waals surface area contributed by atoms with Crippen molar-refractivity contribution in [2.75, 3.05) is 6.61 Å². The number of benzene rings is 2. The van der Waals surface area contributed by atoms with Crippen LogP contribution in [0.4, 0.5) is 0 Å². The number of ether oxygens (including phenoxy) is 1. The molecule has 32 heavy (non-hydrogen) atoms. The molecular formula is C26H35BrN2O3. The van der Waals surface area contributed by atoms with Crippen LogP contribution >= 0.6 is 15.9 Å². The largest absolute Gasteiger partial charge is 0.484 e. The van der Waals surface area contributed by atoms with Gasteiger partial charge in [0, 0.05) is 17.1 Å². The molecule has 0 heterocycles. The third-order valence-electron chi connectivity index (χ3n) is 5.76. The Hall–Kier alpha value is -2.34. The highest BCUT2D eigenvalue weighted by Crippen LogP contribution is 2.26. The Labute approximate surface area is 200 Å². The fraction of sp³-hybridized carbons (Fsp3) is 0.462. The number of carbonyl (C=O) groups is 2. The molecule has 2 aromatic rings. The molecule has 0 fully saturated rings. The average Bonchev–Trinajstić information content (AvgIpc) is 2.76. The second-order valence-corrected chi connectivity index (χ2v) is 9.14. The van der Waals surface area contributed by atoms with Crippen LogP contribution in [0.15, 0.2) is 40.9 Å². The molecule has 0 aliphatic rings. The molecule has 0 aromatic heterocycles. The lowest BCUT2D eigenvalue weighted by Crippen LogP contribution is -2.51. The highest BCUT2D eigenvalue weighted by molar-refractivity contribution is 9.10. The number of nitrogens with zero attached hydrogens (tertiary/aromatic N) is 1. The first kappa shape index (κ1) is 25.9. The number of hydrogen-bond donors (Lipinski definition) is 1. The molecule has 6 heteroatoms. The third-order valence-corrected chi connectivity index (χ3v) is 7.01. The van der Waals surface area contributed by atoms with Crippen LogP contribution in [0, 0.1) is 20.8 Å². The lowest BCUT2D eigenvalue weighted by atomic mass is 10.1. The Bertz CT molecular complexity index is 921. The molecule has 2 atom stereocenters. The summed E-state index contributed by atoms with van der Waals surface area (Å²) in [5.41, 5.74) is 4.20. The molecule has 0 aliphatic carbocycles. The zero-order valence-electron chi connectivity index (χ0n) is 20.0. The monoisotopic (exact) mass is 502 g/mol. The van der Waals surface area contributed by atoms with Crippen molar-refractivity contribution in [1.29, 1.82) is 0 Å². The van der Waals surface area contributed by atoms with E-state index in [9.17, 15) is 9.59 Å². The van der Waals surface area contributed by atoms with Gasteiger partial charge in [0.1, 0.15) is 11.8 Å². The average molecular weight is 503 g/mol. The van der Waals surface area contributed by atoms with Gasteiger partial charge in [-0.3, -0.25) is 9.59 Å². The van der Waals surface area contributed by atoms with Crippen LogP contribution < -0.4 is 10.1 Å². The molecule has 2 rings (SSSR count). The van der Waals surface area contributed by atoms with E-state index in [0.717, 1.165) is 33.1 Å². The predicted molar refractivity (Wildman–Crippen MR) is 133 cm³/mol. The Morgan fingerprint density at radius 3 is 2.22 bits per heavy atom. The SMILES string of the molecule is CC[C@@H](C)NC(=O)[C@H](CC)N(Cc1ccccc1C)C(=O)COc1cc(C)c(Br)c(C)c1. The predicted octanol–water partition coefficient (Wildman–Crippen LogP) is 5.48. The van der Waals surface area contributed by atoms with Gasteiger partial charge in [0.15, 0.2) is 6.61 Å². The second kappa shape index (κ2) is 12.0. The molecule has 0 bridgehead atoms. The van der Waals surface area contributed by atoms with E-state index in [-0.39, 0.29) is 24.5 Å². The highest BCUT2D eigenvalue weighted by Gasteiger charge is 2.29. The summed E-state index contributed by atoms with van der Waals surface area (Å²) >= 11 is 3.55. The number of carbonyl (C=O) groups excluding carboxylic acids is 2. The second-order valence-electron chi connectivity index (χ2n) is 8.35. The number of hydrogen-bond acceptors (Lipinski definition) is 3. The number of rotatable bonds is 10. The summed E-state index contributed by atoms with van der Waals surface area (Å²) in [5.74, 6) is 0.307. The Morgan fingerprint density at radius 2 is 1.66 bits per heavy atom. The van der Waals surface area contributed by atoms with E-state index < -0.39 is 6.04 Å². The van der Waals surface area contributed by atoms with Gasteiger partial charge >= 0.3 is 0 Å². The molecule has 0 unspecified atom stereocenters. The van der Waals surface area contributed by atoms with E-state index in [2.05, 4.69) is 21.2 Å². The van der Waals surface area contributed by atoms with Crippen molar-refractivity contribution in [3.63, 3.8) is 0 Å². The Kier molecular flexibility index (Phi) is 9.76. The quantitative estimate of drug-likeness (QED) is 0.468. The van der Waals surface area contributed by atoms with Crippen LogP contribution in [0.5, 0.6) is 5.75 Å². The topological polar surface area (TPSA) is 58.6 Å². The van der Waals surface area contributed by atoms with Gasteiger partial charge in [-0.2, -0.15) is 0 Å². The minimum absolute atomic E-state index is 0.0527. The normalized spacial score (nSPS) is 12.7. The van der Waals surface area contributed by atoms with Gasteiger partial charge in [-0.1, -0.05) is 54.0 Å². The maximum absolute atomic E-state index is 13.3. The lowest BCUT2D eigenvalue weighted by molar-refractivity contribution is -0.143. The highest BCUT2D eigenvalue weighted by atomic mass is 79.9. The van der Waals surface area contributed by atoms with Gasteiger partial charge in [0.05, 0.1) is 0 Å². The van der Waals surface area contributed by atoms with Gasteiger partial charge in [-0.05, 0) is 74.9 Å². The van der Waals surface area contributed by atoms with Gasteiger partial charge in [-0.25, -0.2) is 0 Å². The summed E-state index contributed by atoms with van der Waals surface area (Å²) in [5, 5.41) is 3.03. The smallest absolute Gasteiger partial charge is 0.261 e. The van der Waals surface area contributed by atoms with Crippen LogP contribution in [0.25, 0.3) is 0 Å². The van der Waals surface area contributed by atoms with Crippen LogP contribution in [0.3, 0.4) is 0 Å². The fourth-order valence-electron chi connectivity index (χ4n) is 3.55. The molecule has 0 spiro atoms. The first-order valence-electron chi connectivity index (χ1n) is 11.2. The molecule has 0 aliphatic heterocycles. The summed E-state index contributed by atoms with van der Waals surface area (Å²) in [6.45, 7) is 12.2. The van der Waals surface area contributed by atoms with Crippen molar-refractivity contribution < 1.29 is 14.3 Å². The minimum atomic E-state index is -0.562. The van der Waals surface area contributed by atoms with Crippen LogP contribution in [0.2, 0.25) is 0 Å². The molecule has 174 valence electrons. The summed E-state index contributed by atoms with van der Waals surface area (Å²) in [6.07, 6.45) is 1.36. The lowest BCUT2D eigenvalue weighted by Gasteiger charge is -2.31. The zero-order valence-corrected chi connectivity index (χ0v) is 21.6. The van der Waals surface area contributed by atoms with Crippen LogP contribution in [-0.4, -0.2) is 35.4 Å². The molecule has 1 N–H and O–H groups in total. The van der Waals surface area contributed by atoms with E-state index >= 15 is 0 Å². The van der Waals surface area contributed by atoms with Crippen LogP contribution in [-0.2, 0) is 16.1 Å². The Morgan fingerprint density at radius 1 is 1.03 bits per heavy atom. The summed E-state index contributed by atoms with van der Waals surface area (Å²) in [6, 6.07) is 11.2. The van der Waals surface area contributed by atoms with E-state index in [1.807, 2.05) is 77.9 Å². The number of amides is 2.